The number of thiophene rings is 1. The second-order valence-corrected chi connectivity index (χ2v) is 16.5. The van der Waals surface area contributed by atoms with Crippen molar-refractivity contribution in [3.63, 3.8) is 0 Å². The van der Waals surface area contributed by atoms with Crippen molar-refractivity contribution in [3.8, 4) is 17.1 Å². The minimum atomic E-state index is -0.970. The number of nitrogen functional groups attached to an aromatic ring is 1. The molecule has 0 saturated carbocycles. The van der Waals surface area contributed by atoms with E-state index in [2.05, 4.69) is 21.8 Å². The van der Waals surface area contributed by atoms with Crippen LogP contribution in [0.1, 0.15) is 52.5 Å². The number of nitrogens with zero attached hydrogens (tertiary/aromatic N) is 5. The van der Waals surface area contributed by atoms with Gasteiger partial charge < -0.3 is 30.1 Å². The lowest BCUT2D eigenvalue weighted by Gasteiger charge is -2.36. The highest BCUT2D eigenvalue weighted by molar-refractivity contribution is 7.24. The van der Waals surface area contributed by atoms with E-state index >= 15 is 8.78 Å². The molecule has 12 nitrogen and oxygen atoms in total. The first-order valence-corrected chi connectivity index (χ1v) is 19.3. The Bertz CT molecular complexity index is 2180. The molecule has 55 heavy (non-hydrogen) atoms. The van der Waals surface area contributed by atoms with Crippen molar-refractivity contribution in [3.05, 3.63) is 47.5 Å². The summed E-state index contributed by atoms with van der Waals surface area (Å²) in [6.07, 6.45) is 0.640. The molecule has 0 spiro atoms. The summed E-state index contributed by atoms with van der Waals surface area (Å²) in [5.74, 6) is -1.21. The Labute approximate surface area is 321 Å². The minimum absolute atomic E-state index is 0.0340. The molecule has 4 aromatic rings. The molecule has 3 aliphatic heterocycles. The van der Waals surface area contributed by atoms with Gasteiger partial charge in [-0.2, -0.15) is 9.97 Å². The molecule has 0 bridgehead atoms. The molecule has 7 rings (SSSR count). The monoisotopic (exact) mass is 781 g/mol. The number of fused-ring (bicyclic) bond motifs is 3. The molecule has 3 saturated heterocycles. The van der Waals surface area contributed by atoms with E-state index < -0.39 is 41.6 Å². The standard InChI is InChI=1S/C39H46F3N7O5S/c1-6-22-16-25-31(29(42)27(22)24-8-9-26(41)32-28(24)30(43)34(55-32)46-37(52)54-38(3,4)5)44-36(53-20-39-10-7-11-49(39)18-23(40)17-39)45-33(25)47-12-14-48(15-13-47)35(51)21(2)19-50/h8-9,16,23,50H,2,6-7,10-15,17-20,43H2,1,3-5H3,(H,46,52)/t23?,39-/m0/s1. The summed E-state index contributed by atoms with van der Waals surface area (Å²) >= 11 is 0.927. The lowest BCUT2D eigenvalue weighted by Crippen LogP contribution is -2.49. The zero-order chi connectivity index (χ0) is 39.4. The van der Waals surface area contributed by atoms with Gasteiger partial charge in [0.05, 0.1) is 22.5 Å². The fourth-order valence-corrected chi connectivity index (χ4v) is 9.11. The van der Waals surface area contributed by atoms with Gasteiger partial charge >= 0.3 is 12.1 Å². The summed E-state index contributed by atoms with van der Waals surface area (Å²) in [7, 11) is 0. The third-order valence-electron chi connectivity index (χ3n) is 10.7. The summed E-state index contributed by atoms with van der Waals surface area (Å²) in [5.41, 5.74) is 6.48. The van der Waals surface area contributed by atoms with Gasteiger partial charge in [-0.1, -0.05) is 19.6 Å². The molecule has 3 fully saturated rings. The van der Waals surface area contributed by atoms with Gasteiger partial charge in [-0.15, -0.1) is 11.3 Å². The number of alkyl halides is 1. The molecule has 2 aromatic heterocycles. The Morgan fingerprint density at radius 3 is 2.60 bits per heavy atom. The molecule has 2 amide bonds. The molecule has 4 N–H and O–H groups in total. The number of nitrogens with one attached hydrogen (secondary N) is 1. The lowest BCUT2D eigenvalue weighted by atomic mass is 9.92. The van der Waals surface area contributed by atoms with Crippen molar-refractivity contribution in [2.75, 3.05) is 68.4 Å². The second-order valence-electron chi connectivity index (χ2n) is 15.5. The van der Waals surface area contributed by atoms with Crippen LogP contribution in [0, 0.1) is 11.6 Å². The third kappa shape index (κ3) is 7.27. The van der Waals surface area contributed by atoms with Crippen LogP contribution in [0.3, 0.4) is 0 Å². The predicted octanol–water partition coefficient (Wildman–Crippen LogP) is 6.43. The summed E-state index contributed by atoms with van der Waals surface area (Å²) < 4.78 is 59.3. The maximum absolute atomic E-state index is 17.5. The van der Waals surface area contributed by atoms with Gasteiger partial charge in [0, 0.05) is 61.1 Å². The van der Waals surface area contributed by atoms with E-state index in [9.17, 15) is 19.1 Å². The number of aromatic nitrogens is 2. The number of carbonyl (C=O) groups is 2. The first-order valence-electron chi connectivity index (χ1n) is 18.5. The van der Waals surface area contributed by atoms with E-state index in [1.54, 1.807) is 25.7 Å². The van der Waals surface area contributed by atoms with Crippen LogP contribution in [-0.4, -0.2) is 107 Å². The number of aliphatic hydroxyl groups is 1. The topological polar surface area (TPSA) is 146 Å². The summed E-state index contributed by atoms with van der Waals surface area (Å²) in [6, 6.07) is 4.46. The number of piperazine rings is 1. The van der Waals surface area contributed by atoms with E-state index in [-0.39, 0.29) is 56.0 Å². The van der Waals surface area contributed by atoms with Gasteiger partial charge in [0.2, 0.25) is 0 Å². The van der Waals surface area contributed by atoms with E-state index in [1.807, 2.05) is 17.9 Å². The van der Waals surface area contributed by atoms with Crippen LogP contribution in [0.5, 0.6) is 6.01 Å². The number of aliphatic hydroxyl groups excluding tert-OH is 1. The van der Waals surface area contributed by atoms with Gasteiger partial charge in [-0.05, 0) is 69.8 Å². The fraction of sp³-hybridized carbons (Fsp3) is 0.487. The lowest BCUT2D eigenvalue weighted by molar-refractivity contribution is -0.127. The Balaban J connectivity index is 1.33. The highest BCUT2D eigenvalue weighted by Crippen LogP contribution is 2.47. The molecule has 294 valence electrons. The summed E-state index contributed by atoms with van der Waals surface area (Å²) in [4.78, 5) is 40.6. The second kappa shape index (κ2) is 14.8. The smallest absolute Gasteiger partial charge is 0.412 e. The molecule has 3 aliphatic rings. The zero-order valence-corrected chi connectivity index (χ0v) is 32.3. The molecular weight excluding hydrogens is 736 g/mol. The Hall–Kier alpha value is -4.67. The number of halogens is 3. The Kier molecular flexibility index (Phi) is 10.4. The number of nitrogens with two attached hydrogens (primary N) is 1. The highest BCUT2D eigenvalue weighted by Gasteiger charge is 2.49. The summed E-state index contributed by atoms with van der Waals surface area (Å²) in [5, 5.41) is 12.9. The van der Waals surface area contributed by atoms with Crippen LogP contribution >= 0.6 is 11.3 Å². The van der Waals surface area contributed by atoms with Crippen molar-refractivity contribution in [1.82, 2.24) is 19.8 Å². The highest BCUT2D eigenvalue weighted by atomic mass is 32.1. The van der Waals surface area contributed by atoms with Crippen molar-refractivity contribution in [1.29, 1.82) is 0 Å². The quantitative estimate of drug-likeness (QED) is 0.162. The first kappa shape index (κ1) is 38.6. The maximum atomic E-state index is 17.5. The van der Waals surface area contributed by atoms with Crippen LogP contribution in [0.15, 0.2) is 30.4 Å². The molecule has 0 radical (unpaired) electrons. The number of aryl methyl sites for hydroxylation is 1. The Morgan fingerprint density at radius 2 is 1.91 bits per heavy atom. The van der Waals surface area contributed by atoms with Gasteiger partial charge in [0.1, 0.15) is 40.5 Å². The number of carbonyl (C=O) groups excluding carboxylic acids is 2. The number of ether oxygens (including phenoxy) is 2. The molecular formula is C39H46F3N7O5S. The zero-order valence-electron chi connectivity index (χ0n) is 31.4. The molecule has 2 aromatic carbocycles. The van der Waals surface area contributed by atoms with Gasteiger partial charge in [0.15, 0.2) is 5.82 Å². The molecule has 2 atom stereocenters. The molecule has 1 unspecified atom stereocenters. The largest absolute Gasteiger partial charge is 0.461 e. The van der Waals surface area contributed by atoms with E-state index in [0.717, 1.165) is 30.7 Å². The van der Waals surface area contributed by atoms with Gasteiger partial charge in [0.25, 0.3) is 5.91 Å². The third-order valence-corrected chi connectivity index (χ3v) is 11.8. The van der Waals surface area contributed by atoms with Crippen LogP contribution in [0.4, 0.5) is 34.5 Å². The predicted molar refractivity (Wildman–Crippen MR) is 207 cm³/mol. The van der Waals surface area contributed by atoms with Crippen LogP contribution in [0.25, 0.3) is 32.1 Å². The number of hydrogen-bond acceptors (Lipinski definition) is 11. The minimum Gasteiger partial charge on any atom is -0.461 e. The van der Waals surface area contributed by atoms with Gasteiger partial charge in [-0.25, -0.2) is 18.0 Å². The normalized spacial score (nSPS) is 20.3. The first-order chi connectivity index (χ1) is 26.1. The molecule has 16 heteroatoms. The summed E-state index contributed by atoms with van der Waals surface area (Å²) in [6.45, 7) is 12.8. The number of benzene rings is 2. The van der Waals surface area contributed by atoms with Crippen LogP contribution in [0.2, 0.25) is 0 Å². The molecule has 0 aliphatic carbocycles. The van der Waals surface area contributed by atoms with Crippen molar-refractivity contribution < 1.29 is 37.3 Å². The van der Waals surface area contributed by atoms with Crippen LogP contribution in [-0.2, 0) is 16.0 Å². The SMILES string of the molecule is C=C(CO)C(=O)N1CCN(c2nc(OC[C@@]34CCCN3CC(F)C4)nc3c(F)c(-c4ccc(F)c5sc(NC(=O)OC(C)(C)C)c(N)c45)c(CC)cc23)CC1. The number of amides is 2. The Morgan fingerprint density at radius 1 is 1.16 bits per heavy atom. The van der Waals surface area contributed by atoms with Crippen molar-refractivity contribution >= 4 is 60.8 Å². The van der Waals surface area contributed by atoms with Gasteiger partial charge in [-0.3, -0.25) is 15.0 Å². The number of rotatable bonds is 9. The average Bonchev–Trinajstić information content (AvgIpc) is 3.79. The van der Waals surface area contributed by atoms with E-state index in [1.165, 1.54) is 12.1 Å². The fourth-order valence-electron chi connectivity index (χ4n) is 8.07. The van der Waals surface area contributed by atoms with E-state index in [4.69, 9.17) is 20.2 Å². The maximum Gasteiger partial charge on any atom is 0.412 e. The molecule has 5 heterocycles. The number of hydrogen-bond donors (Lipinski definition) is 3. The van der Waals surface area contributed by atoms with E-state index in [0.29, 0.717) is 67.9 Å². The van der Waals surface area contributed by atoms with Crippen molar-refractivity contribution in [2.45, 2.75) is 70.7 Å². The van der Waals surface area contributed by atoms with Crippen molar-refractivity contribution in [2.24, 2.45) is 0 Å². The average molecular weight is 782 g/mol. The van der Waals surface area contributed by atoms with Crippen LogP contribution < -0.4 is 20.7 Å². The number of anilines is 3.